The van der Waals surface area contributed by atoms with Crippen molar-refractivity contribution in [1.29, 1.82) is 0 Å². The lowest BCUT2D eigenvalue weighted by Crippen LogP contribution is -2.19. The number of anilines is 1. The number of rotatable bonds is 7. The van der Waals surface area contributed by atoms with E-state index in [0.29, 0.717) is 34.9 Å². The molecule has 0 aliphatic rings. The Labute approximate surface area is 182 Å². The summed E-state index contributed by atoms with van der Waals surface area (Å²) in [5.41, 5.74) is 1.53. The zero-order valence-electron chi connectivity index (χ0n) is 17.1. The zero-order chi connectivity index (χ0) is 21.8. The molecule has 1 amide bonds. The van der Waals surface area contributed by atoms with Crippen molar-refractivity contribution in [3.8, 4) is 22.3 Å². The summed E-state index contributed by atoms with van der Waals surface area (Å²) in [4.78, 5) is 33.2. The number of aryl methyl sites for hydroxylation is 1. The third-order valence-electron chi connectivity index (χ3n) is 4.57. The normalized spacial score (nSPS) is 10.8. The van der Waals surface area contributed by atoms with E-state index in [4.69, 9.17) is 4.74 Å². The first-order valence-corrected chi connectivity index (χ1v) is 10.7. The maximum absolute atomic E-state index is 12.8. The highest BCUT2D eigenvalue weighted by Gasteiger charge is 2.17. The highest BCUT2D eigenvalue weighted by Crippen LogP contribution is 2.27. The Morgan fingerprint density at radius 1 is 1.23 bits per heavy atom. The fourth-order valence-electron chi connectivity index (χ4n) is 3.09. The Morgan fingerprint density at radius 3 is 2.71 bits per heavy atom. The average Bonchev–Trinajstić information content (AvgIpc) is 3.44. The van der Waals surface area contributed by atoms with Gasteiger partial charge >= 0.3 is 0 Å². The van der Waals surface area contributed by atoms with Gasteiger partial charge in [0.1, 0.15) is 17.3 Å². The molecule has 0 bridgehead atoms. The molecule has 9 heteroatoms. The molecule has 2 N–H and O–H groups in total. The molecule has 0 saturated carbocycles. The van der Waals surface area contributed by atoms with E-state index < -0.39 is 0 Å². The van der Waals surface area contributed by atoms with Crippen LogP contribution in [0.1, 0.15) is 29.4 Å². The van der Waals surface area contributed by atoms with Crippen LogP contribution in [-0.4, -0.2) is 32.8 Å². The first-order chi connectivity index (χ1) is 15.1. The number of hydrogen-bond acceptors (Lipinski definition) is 6. The van der Waals surface area contributed by atoms with Gasteiger partial charge in [-0.1, -0.05) is 19.4 Å². The van der Waals surface area contributed by atoms with Gasteiger partial charge in [-0.25, -0.2) is 4.98 Å². The largest absolute Gasteiger partial charge is 0.497 e. The molecule has 0 unspecified atom stereocenters. The van der Waals surface area contributed by atoms with Gasteiger partial charge in [0.2, 0.25) is 5.95 Å². The number of benzene rings is 1. The number of hydrogen-bond donors (Lipinski definition) is 2. The zero-order valence-corrected chi connectivity index (χ0v) is 17.9. The predicted octanol–water partition coefficient (Wildman–Crippen LogP) is 3.90. The van der Waals surface area contributed by atoms with Crippen LogP contribution in [0.3, 0.4) is 0 Å². The van der Waals surface area contributed by atoms with Crippen LogP contribution >= 0.6 is 11.3 Å². The number of carbonyl (C=O) groups is 1. The molecular weight excluding hydrogens is 414 g/mol. The van der Waals surface area contributed by atoms with Gasteiger partial charge < -0.3 is 10.1 Å². The van der Waals surface area contributed by atoms with E-state index in [1.165, 1.54) is 22.1 Å². The molecule has 8 nitrogen and oxygen atoms in total. The van der Waals surface area contributed by atoms with Crippen molar-refractivity contribution in [3.63, 3.8) is 0 Å². The maximum atomic E-state index is 12.8. The highest BCUT2D eigenvalue weighted by atomic mass is 32.1. The summed E-state index contributed by atoms with van der Waals surface area (Å²) >= 11 is 1.53. The second-order valence-corrected chi connectivity index (χ2v) is 7.74. The summed E-state index contributed by atoms with van der Waals surface area (Å²) in [6.45, 7) is 2.02. The molecule has 4 aromatic rings. The minimum atomic E-state index is -0.311. The number of amides is 1. The molecule has 0 aliphatic carbocycles. The standard InChI is InChI=1S/C22H21N5O3S/c1-3-5-15-12-20(28)25-22(23-15)27-19(13-17(26-27)18-6-4-11-31-18)24-21(29)14-7-9-16(30-2)10-8-14/h4,6-13H,3,5H2,1-2H3,(H,24,29)(H,23,25,28). The lowest BCUT2D eigenvalue weighted by atomic mass is 10.2. The summed E-state index contributed by atoms with van der Waals surface area (Å²) in [6.07, 6.45) is 1.53. The van der Waals surface area contributed by atoms with E-state index in [0.717, 1.165) is 11.3 Å². The number of thiophene rings is 1. The molecule has 3 aromatic heterocycles. The summed E-state index contributed by atoms with van der Waals surface area (Å²) in [5.74, 6) is 1.01. The van der Waals surface area contributed by atoms with E-state index in [1.54, 1.807) is 37.4 Å². The number of carbonyl (C=O) groups excluding carboxylic acids is 1. The van der Waals surface area contributed by atoms with E-state index in [9.17, 15) is 9.59 Å². The Hall–Kier alpha value is -3.72. The molecule has 158 valence electrons. The summed E-state index contributed by atoms with van der Waals surface area (Å²) < 4.78 is 6.60. The van der Waals surface area contributed by atoms with Crippen molar-refractivity contribution in [1.82, 2.24) is 19.7 Å². The predicted molar refractivity (Wildman–Crippen MR) is 120 cm³/mol. The van der Waals surface area contributed by atoms with Crippen LogP contribution in [-0.2, 0) is 6.42 Å². The first kappa shape index (κ1) is 20.5. The highest BCUT2D eigenvalue weighted by molar-refractivity contribution is 7.13. The molecule has 0 radical (unpaired) electrons. The summed E-state index contributed by atoms with van der Waals surface area (Å²) in [7, 11) is 1.57. The lowest BCUT2D eigenvalue weighted by molar-refractivity contribution is 0.102. The minimum Gasteiger partial charge on any atom is -0.497 e. The van der Waals surface area contributed by atoms with Gasteiger partial charge in [0.15, 0.2) is 0 Å². The Balaban J connectivity index is 1.74. The Kier molecular flexibility index (Phi) is 5.94. The van der Waals surface area contributed by atoms with Crippen molar-refractivity contribution < 1.29 is 9.53 Å². The van der Waals surface area contributed by atoms with Crippen molar-refractivity contribution in [2.45, 2.75) is 19.8 Å². The van der Waals surface area contributed by atoms with Crippen molar-refractivity contribution >= 4 is 23.1 Å². The second-order valence-electron chi connectivity index (χ2n) is 6.80. The van der Waals surface area contributed by atoms with Crippen LogP contribution in [0.5, 0.6) is 5.75 Å². The molecule has 0 atom stereocenters. The SMILES string of the molecule is CCCc1cc(=O)[nH]c(-n2nc(-c3cccs3)cc2NC(=O)c2ccc(OC)cc2)n1. The maximum Gasteiger partial charge on any atom is 0.256 e. The number of nitrogens with zero attached hydrogens (tertiary/aromatic N) is 3. The number of aromatic nitrogens is 4. The number of nitrogens with one attached hydrogen (secondary N) is 2. The fraction of sp³-hybridized carbons (Fsp3) is 0.182. The monoisotopic (exact) mass is 435 g/mol. The molecular formula is C22H21N5O3S. The first-order valence-electron chi connectivity index (χ1n) is 9.77. The third-order valence-corrected chi connectivity index (χ3v) is 5.46. The summed E-state index contributed by atoms with van der Waals surface area (Å²) in [6, 6.07) is 13.9. The lowest BCUT2D eigenvalue weighted by Gasteiger charge is -2.09. The second kappa shape index (κ2) is 8.97. The number of methoxy groups -OCH3 is 1. The van der Waals surface area contributed by atoms with Crippen LogP contribution in [0.15, 0.2) is 58.7 Å². The van der Waals surface area contributed by atoms with Gasteiger partial charge in [0.05, 0.1) is 12.0 Å². The minimum absolute atomic E-state index is 0.254. The van der Waals surface area contributed by atoms with Crippen LogP contribution in [0.25, 0.3) is 16.5 Å². The van der Waals surface area contributed by atoms with Gasteiger partial charge in [-0.3, -0.25) is 14.6 Å². The van der Waals surface area contributed by atoms with Crippen molar-refractivity contribution in [2.24, 2.45) is 0 Å². The van der Waals surface area contributed by atoms with E-state index in [2.05, 4.69) is 20.4 Å². The quantitative estimate of drug-likeness (QED) is 0.458. The van der Waals surface area contributed by atoms with Gasteiger partial charge in [0, 0.05) is 23.4 Å². The van der Waals surface area contributed by atoms with Crippen molar-refractivity contribution in [3.05, 3.63) is 75.5 Å². The summed E-state index contributed by atoms with van der Waals surface area (Å²) in [5, 5.41) is 9.43. The van der Waals surface area contributed by atoms with Gasteiger partial charge in [0.25, 0.3) is 11.5 Å². The molecule has 0 aliphatic heterocycles. The Morgan fingerprint density at radius 2 is 2.03 bits per heavy atom. The smallest absolute Gasteiger partial charge is 0.256 e. The molecule has 31 heavy (non-hydrogen) atoms. The van der Waals surface area contributed by atoms with Crippen LogP contribution in [0, 0.1) is 0 Å². The van der Waals surface area contributed by atoms with Crippen LogP contribution in [0.4, 0.5) is 5.82 Å². The Bertz CT molecular complexity index is 1240. The molecule has 3 heterocycles. The number of ether oxygens (including phenoxy) is 1. The topological polar surface area (TPSA) is 102 Å². The number of H-pyrrole nitrogens is 1. The van der Waals surface area contributed by atoms with Gasteiger partial charge in [-0.15, -0.1) is 11.3 Å². The van der Waals surface area contributed by atoms with E-state index in [1.807, 2.05) is 24.4 Å². The number of aromatic amines is 1. The molecule has 0 spiro atoms. The molecule has 1 aromatic carbocycles. The third kappa shape index (κ3) is 4.56. The van der Waals surface area contributed by atoms with Crippen molar-refractivity contribution in [2.75, 3.05) is 12.4 Å². The van der Waals surface area contributed by atoms with E-state index >= 15 is 0 Å². The molecule has 4 rings (SSSR count). The molecule has 0 fully saturated rings. The molecule has 0 saturated heterocycles. The van der Waals surface area contributed by atoms with Crippen LogP contribution in [0.2, 0.25) is 0 Å². The van der Waals surface area contributed by atoms with Gasteiger partial charge in [-0.05, 0) is 42.1 Å². The van der Waals surface area contributed by atoms with E-state index in [-0.39, 0.29) is 17.4 Å². The van der Waals surface area contributed by atoms with Gasteiger partial charge in [-0.2, -0.15) is 9.78 Å². The fourth-order valence-corrected chi connectivity index (χ4v) is 3.77. The van der Waals surface area contributed by atoms with Crippen LogP contribution < -0.4 is 15.6 Å². The average molecular weight is 436 g/mol.